The molecule has 0 bridgehead atoms. The normalized spacial score (nSPS) is 19.2. The Morgan fingerprint density at radius 2 is 2.27 bits per heavy atom. The van der Waals surface area contributed by atoms with Gasteiger partial charge in [-0.25, -0.2) is 4.98 Å². The van der Waals surface area contributed by atoms with E-state index >= 15 is 0 Å². The molecular weight excluding hydrogens is 210 g/mol. The van der Waals surface area contributed by atoms with E-state index in [2.05, 4.69) is 22.1 Å². The molecule has 5 heteroatoms. The van der Waals surface area contributed by atoms with Crippen molar-refractivity contribution >= 4 is 16.5 Å². The van der Waals surface area contributed by atoms with E-state index in [4.69, 9.17) is 4.74 Å². The van der Waals surface area contributed by atoms with Gasteiger partial charge < -0.3 is 15.0 Å². The van der Waals surface area contributed by atoms with E-state index in [1.165, 1.54) is 4.88 Å². The molecule has 15 heavy (non-hydrogen) atoms. The van der Waals surface area contributed by atoms with Gasteiger partial charge in [-0.2, -0.15) is 0 Å². The molecule has 0 amide bonds. The second-order valence-corrected chi connectivity index (χ2v) is 4.70. The van der Waals surface area contributed by atoms with Gasteiger partial charge in [-0.15, -0.1) is 11.3 Å². The molecule has 0 aliphatic carbocycles. The van der Waals surface area contributed by atoms with Crippen LogP contribution < -0.4 is 10.2 Å². The molecule has 0 radical (unpaired) electrons. The van der Waals surface area contributed by atoms with Crippen LogP contribution in [-0.2, 0) is 4.74 Å². The third kappa shape index (κ3) is 2.48. The van der Waals surface area contributed by atoms with Crippen molar-refractivity contribution in [1.82, 2.24) is 10.3 Å². The lowest BCUT2D eigenvalue weighted by Crippen LogP contribution is -2.36. The Morgan fingerprint density at radius 3 is 2.93 bits per heavy atom. The largest absolute Gasteiger partial charge is 0.378 e. The van der Waals surface area contributed by atoms with Gasteiger partial charge in [0.05, 0.1) is 13.2 Å². The number of thiazole rings is 1. The SMILES string of the molecule is CNC(C)c1cnc(N2CCOCC2)s1. The predicted molar refractivity (Wildman–Crippen MR) is 62.6 cm³/mol. The van der Waals surface area contributed by atoms with Crippen LogP contribution in [0.2, 0.25) is 0 Å². The van der Waals surface area contributed by atoms with Gasteiger partial charge in [0.1, 0.15) is 0 Å². The lowest BCUT2D eigenvalue weighted by Gasteiger charge is -2.26. The third-order valence-corrected chi connectivity index (χ3v) is 3.89. The second-order valence-electron chi connectivity index (χ2n) is 3.65. The summed E-state index contributed by atoms with van der Waals surface area (Å²) in [6.45, 7) is 5.70. The Morgan fingerprint density at radius 1 is 1.53 bits per heavy atom. The summed E-state index contributed by atoms with van der Waals surface area (Å²) in [4.78, 5) is 8.04. The van der Waals surface area contributed by atoms with Crippen LogP contribution in [0.25, 0.3) is 0 Å². The van der Waals surface area contributed by atoms with E-state index in [0.29, 0.717) is 6.04 Å². The lowest BCUT2D eigenvalue weighted by atomic mass is 10.3. The topological polar surface area (TPSA) is 37.4 Å². The van der Waals surface area contributed by atoms with Gasteiger partial charge in [0.2, 0.25) is 0 Å². The van der Waals surface area contributed by atoms with E-state index in [1.807, 2.05) is 13.2 Å². The van der Waals surface area contributed by atoms with Crippen LogP contribution in [0.15, 0.2) is 6.20 Å². The van der Waals surface area contributed by atoms with Crippen LogP contribution in [0.3, 0.4) is 0 Å². The molecule has 0 aromatic carbocycles. The van der Waals surface area contributed by atoms with Crippen LogP contribution in [0, 0.1) is 0 Å². The smallest absolute Gasteiger partial charge is 0.185 e. The van der Waals surface area contributed by atoms with Crippen molar-refractivity contribution in [3.05, 3.63) is 11.1 Å². The van der Waals surface area contributed by atoms with Gasteiger partial charge in [0.15, 0.2) is 5.13 Å². The van der Waals surface area contributed by atoms with Gasteiger partial charge in [-0.1, -0.05) is 0 Å². The van der Waals surface area contributed by atoms with Gasteiger partial charge in [0, 0.05) is 30.2 Å². The highest BCUT2D eigenvalue weighted by Crippen LogP contribution is 2.27. The van der Waals surface area contributed by atoms with Crippen LogP contribution in [0.1, 0.15) is 17.8 Å². The zero-order chi connectivity index (χ0) is 10.7. The molecule has 1 unspecified atom stereocenters. The van der Waals surface area contributed by atoms with Crippen molar-refractivity contribution in [2.24, 2.45) is 0 Å². The molecule has 1 aliphatic heterocycles. The van der Waals surface area contributed by atoms with E-state index in [1.54, 1.807) is 11.3 Å². The fourth-order valence-electron chi connectivity index (χ4n) is 1.52. The number of hydrogen-bond acceptors (Lipinski definition) is 5. The maximum Gasteiger partial charge on any atom is 0.185 e. The molecule has 1 N–H and O–H groups in total. The number of aromatic nitrogens is 1. The van der Waals surface area contributed by atoms with Crippen molar-refractivity contribution in [1.29, 1.82) is 0 Å². The first-order valence-corrected chi connectivity index (χ1v) is 6.08. The van der Waals surface area contributed by atoms with Crippen molar-refractivity contribution < 1.29 is 4.74 Å². The monoisotopic (exact) mass is 227 g/mol. The van der Waals surface area contributed by atoms with Crippen molar-refractivity contribution in [2.75, 3.05) is 38.3 Å². The summed E-state index contributed by atoms with van der Waals surface area (Å²) < 4.78 is 5.32. The van der Waals surface area contributed by atoms with Crippen LogP contribution >= 0.6 is 11.3 Å². The molecule has 0 saturated carbocycles. The summed E-state index contributed by atoms with van der Waals surface area (Å²) in [5.74, 6) is 0. The minimum Gasteiger partial charge on any atom is -0.378 e. The summed E-state index contributed by atoms with van der Waals surface area (Å²) in [5, 5.41) is 4.35. The Labute approximate surface area is 94.3 Å². The summed E-state index contributed by atoms with van der Waals surface area (Å²) in [7, 11) is 1.97. The van der Waals surface area contributed by atoms with Crippen LogP contribution in [-0.4, -0.2) is 38.3 Å². The molecule has 1 fully saturated rings. The Hall–Kier alpha value is -0.650. The molecule has 1 aromatic heterocycles. The van der Waals surface area contributed by atoms with E-state index in [0.717, 1.165) is 31.4 Å². The highest BCUT2D eigenvalue weighted by Gasteiger charge is 2.15. The van der Waals surface area contributed by atoms with Crippen molar-refractivity contribution in [3.8, 4) is 0 Å². The van der Waals surface area contributed by atoms with E-state index in [9.17, 15) is 0 Å². The average molecular weight is 227 g/mol. The number of ether oxygens (including phenoxy) is 1. The Bertz CT molecular complexity index is 309. The minimum atomic E-state index is 0.386. The maximum atomic E-state index is 5.32. The molecule has 1 atom stereocenters. The number of hydrogen-bond donors (Lipinski definition) is 1. The zero-order valence-electron chi connectivity index (χ0n) is 9.19. The van der Waals surface area contributed by atoms with Crippen LogP contribution in [0.4, 0.5) is 5.13 Å². The summed E-state index contributed by atoms with van der Waals surface area (Å²) >= 11 is 1.77. The standard InChI is InChI=1S/C10H17N3OS/c1-8(11-2)9-7-12-10(15-9)13-3-5-14-6-4-13/h7-8,11H,3-6H2,1-2H3. The summed E-state index contributed by atoms with van der Waals surface area (Å²) in [6, 6.07) is 0.386. The fourth-order valence-corrected chi connectivity index (χ4v) is 2.55. The van der Waals surface area contributed by atoms with Gasteiger partial charge in [-0.05, 0) is 14.0 Å². The number of nitrogens with one attached hydrogen (secondary N) is 1. The minimum absolute atomic E-state index is 0.386. The van der Waals surface area contributed by atoms with Gasteiger partial charge >= 0.3 is 0 Å². The fraction of sp³-hybridized carbons (Fsp3) is 0.700. The van der Waals surface area contributed by atoms with Crippen molar-refractivity contribution in [3.63, 3.8) is 0 Å². The molecule has 1 saturated heterocycles. The Balaban J connectivity index is 2.05. The van der Waals surface area contributed by atoms with E-state index < -0.39 is 0 Å². The van der Waals surface area contributed by atoms with E-state index in [-0.39, 0.29) is 0 Å². The highest BCUT2D eigenvalue weighted by atomic mass is 32.1. The van der Waals surface area contributed by atoms with Gasteiger partial charge in [-0.3, -0.25) is 0 Å². The molecule has 1 aliphatic rings. The first kappa shape index (κ1) is 10.9. The van der Waals surface area contributed by atoms with Gasteiger partial charge in [0.25, 0.3) is 0 Å². The lowest BCUT2D eigenvalue weighted by molar-refractivity contribution is 0.122. The number of anilines is 1. The molecular formula is C10H17N3OS. The molecule has 4 nitrogen and oxygen atoms in total. The third-order valence-electron chi connectivity index (χ3n) is 2.65. The van der Waals surface area contributed by atoms with Crippen molar-refractivity contribution in [2.45, 2.75) is 13.0 Å². The van der Waals surface area contributed by atoms with Crippen LogP contribution in [0.5, 0.6) is 0 Å². The highest BCUT2D eigenvalue weighted by molar-refractivity contribution is 7.15. The number of nitrogens with zero attached hydrogens (tertiary/aromatic N) is 2. The zero-order valence-corrected chi connectivity index (χ0v) is 10.0. The summed E-state index contributed by atoms with van der Waals surface area (Å²) in [6.07, 6.45) is 1.97. The maximum absolute atomic E-state index is 5.32. The second kappa shape index (κ2) is 4.92. The molecule has 0 spiro atoms. The average Bonchev–Trinajstić information content (AvgIpc) is 2.78. The predicted octanol–water partition coefficient (Wildman–Crippen LogP) is 1.26. The first-order valence-electron chi connectivity index (χ1n) is 5.27. The molecule has 2 heterocycles. The number of morpholine rings is 1. The number of rotatable bonds is 3. The first-order chi connectivity index (χ1) is 7.31. The molecule has 84 valence electrons. The molecule has 2 rings (SSSR count). The summed E-state index contributed by atoms with van der Waals surface area (Å²) in [5.41, 5.74) is 0. The Kier molecular flexibility index (Phi) is 3.56. The molecule has 1 aromatic rings. The quantitative estimate of drug-likeness (QED) is 0.843.